The molecule has 5 nitrogen and oxygen atoms in total. The maximum absolute atomic E-state index is 13.0. The van der Waals surface area contributed by atoms with Gasteiger partial charge in [-0.15, -0.1) is 24.0 Å². The second-order valence-corrected chi connectivity index (χ2v) is 5.41. The van der Waals surface area contributed by atoms with Crippen molar-refractivity contribution < 1.29 is 9.18 Å². The first-order valence-electron chi connectivity index (χ1n) is 7.68. The summed E-state index contributed by atoms with van der Waals surface area (Å²) in [6.45, 7) is 2.73. The number of carbonyl (C=O) groups is 1. The smallest absolute Gasteiger partial charge is 0.224 e. The summed E-state index contributed by atoms with van der Waals surface area (Å²) in [5.74, 6) is -0.237. The van der Waals surface area contributed by atoms with Crippen LogP contribution in [0.1, 0.15) is 11.1 Å². The molecule has 0 fully saturated rings. The Morgan fingerprint density at radius 3 is 2.60 bits per heavy atom. The molecule has 0 aliphatic heterocycles. The fourth-order valence-corrected chi connectivity index (χ4v) is 2.09. The van der Waals surface area contributed by atoms with Crippen molar-refractivity contribution in [1.82, 2.24) is 5.32 Å². The van der Waals surface area contributed by atoms with Crippen molar-refractivity contribution in [2.24, 2.45) is 10.7 Å². The maximum atomic E-state index is 13.0. The summed E-state index contributed by atoms with van der Waals surface area (Å²) >= 11 is 0. The lowest BCUT2D eigenvalue weighted by molar-refractivity contribution is -0.120. The van der Waals surface area contributed by atoms with Crippen molar-refractivity contribution in [3.8, 4) is 0 Å². The number of nitrogens with zero attached hydrogens (tertiary/aromatic N) is 1. The van der Waals surface area contributed by atoms with E-state index in [9.17, 15) is 9.18 Å². The molecular weight excluding hydrogens is 434 g/mol. The first-order valence-corrected chi connectivity index (χ1v) is 7.68. The molecule has 0 atom stereocenters. The number of aliphatic imine (C=N–C) groups is 1. The van der Waals surface area contributed by atoms with Gasteiger partial charge in [0.05, 0.1) is 13.0 Å². The molecule has 0 unspecified atom stereocenters. The summed E-state index contributed by atoms with van der Waals surface area (Å²) in [6, 6.07) is 13.8. The average Bonchev–Trinajstić information content (AvgIpc) is 2.54. The van der Waals surface area contributed by atoms with E-state index in [2.05, 4.69) is 15.6 Å². The number of rotatable bonds is 6. The first kappa shape index (κ1) is 20.9. The van der Waals surface area contributed by atoms with Gasteiger partial charge >= 0.3 is 0 Å². The van der Waals surface area contributed by atoms with Crippen LogP contribution in [0.5, 0.6) is 0 Å². The lowest BCUT2D eigenvalue weighted by Gasteiger charge is -2.07. The van der Waals surface area contributed by atoms with Crippen LogP contribution in [0.3, 0.4) is 0 Å². The molecule has 0 heterocycles. The van der Waals surface area contributed by atoms with Gasteiger partial charge in [-0.25, -0.2) is 4.39 Å². The lowest BCUT2D eigenvalue weighted by atomic mass is 10.1. The van der Waals surface area contributed by atoms with Crippen LogP contribution in [0, 0.1) is 12.7 Å². The number of carbonyl (C=O) groups excluding carboxylic acids is 1. The summed E-state index contributed by atoms with van der Waals surface area (Å²) in [6.07, 6.45) is 0.137. The third-order valence-electron chi connectivity index (χ3n) is 3.29. The van der Waals surface area contributed by atoms with Crippen LogP contribution in [-0.2, 0) is 11.2 Å². The molecular formula is C18H22FIN4O. The Morgan fingerprint density at radius 2 is 1.92 bits per heavy atom. The van der Waals surface area contributed by atoms with E-state index in [1.807, 2.05) is 31.2 Å². The van der Waals surface area contributed by atoms with Crippen molar-refractivity contribution >= 4 is 41.5 Å². The highest BCUT2D eigenvalue weighted by atomic mass is 127. The molecule has 7 heteroatoms. The highest BCUT2D eigenvalue weighted by Gasteiger charge is 2.03. The molecule has 0 aliphatic rings. The van der Waals surface area contributed by atoms with Crippen LogP contribution >= 0.6 is 24.0 Å². The van der Waals surface area contributed by atoms with Crippen molar-refractivity contribution in [2.45, 2.75) is 13.3 Å². The van der Waals surface area contributed by atoms with E-state index in [0.29, 0.717) is 24.6 Å². The highest BCUT2D eigenvalue weighted by Crippen LogP contribution is 2.07. The van der Waals surface area contributed by atoms with E-state index in [1.54, 1.807) is 12.1 Å². The SMILES string of the molecule is Cc1ccc(NC(N)=NCCNC(=O)Cc2cccc(F)c2)cc1.I. The molecule has 0 radical (unpaired) electrons. The van der Waals surface area contributed by atoms with Gasteiger partial charge in [0, 0.05) is 12.2 Å². The largest absolute Gasteiger partial charge is 0.370 e. The summed E-state index contributed by atoms with van der Waals surface area (Å²) in [4.78, 5) is 15.9. The number of hydrogen-bond acceptors (Lipinski definition) is 2. The van der Waals surface area contributed by atoms with Crippen molar-refractivity contribution in [3.63, 3.8) is 0 Å². The Bertz CT molecular complexity index is 719. The minimum absolute atomic E-state index is 0. The number of nitrogens with two attached hydrogens (primary N) is 1. The number of benzene rings is 2. The fourth-order valence-electron chi connectivity index (χ4n) is 2.09. The maximum Gasteiger partial charge on any atom is 0.224 e. The monoisotopic (exact) mass is 456 g/mol. The zero-order valence-electron chi connectivity index (χ0n) is 14.0. The molecule has 0 aromatic heterocycles. The van der Waals surface area contributed by atoms with Crippen LogP contribution in [0.4, 0.5) is 10.1 Å². The number of guanidine groups is 1. The van der Waals surface area contributed by atoms with Crippen LogP contribution in [0.2, 0.25) is 0 Å². The number of nitrogens with one attached hydrogen (secondary N) is 2. The molecule has 0 saturated heterocycles. The van der Waals surface area contributed by atoms with E-state index in [0.717, 1.165) is 11.3 Å². The third kappa shape index (κ3) is 7.97. The van der Waals surface area contributed by atoms with Gasteiger partial charge in [0.25, 0.3) is 0 Å². The molecule has 2 aromatic rings. The molecule has 0 spiro atoms. The normalized spacial score (nSPS) is 10.7. The molecule has 2 aromatic carbocycles. The summed E-state index contributed by atoms with van der Waals surface area (Å²) in [5.41, 5.74) is 8.44. The van der Waals surface area contributed by atoms with Crippen LogP contribution in [0.15, 0.2) is 53.5 Å². The second kappa shape index (κ2) is 10.7. The van der Waals surface area contributed by atoms with E-state index < -0.39 is 0 Å². The summed E-state index contributed by atoms with van der Waals surface area (Å²) < 4.78 is 13.0. The number of hydrogen-bond donors (Lipinski definition) is 3. The number of amides is 1. The van der Waals surface area contributed by atoms with Gasteiger partial charge in [-0.05, 0) is 36.8 Å². The van der Waals surface area contributed by atoms with E-state index in [-0.39, 0.29) is 42.1 Å². The molecule has 134 valence electrons. The van der Waals surface area contributed by atoms with Crippen LogP contribution in [-0.4, -0.2) is 25.0 Å². The second-order valence-electron chi connectivity index (χ2n) is 5.41. The Balaban J connectivity index is 0.00000312. The molecule has 1 amide bonds. The van der Waals surface area contributed by atoms with Gasteiger partial charge in [-0.3, -0.25) is 9.79 Å². The predicted octanol–water partition coefficient (Wildman–Crippen LogP) is 2.84. The van der Waals surface area contributed by atoms with E-state index in [1.165, 1.54) is 12.1 Å². The van der Waals surface area contributed by atoms with Crippen molar-refractivity contribution in [1.29, 1.82) is 0 Å². The van der Waals surface area contributed by atoms with Gasteiger partial charge in [0.15, 0.2) is 5.96 Å². The Labute approximate surface area is 163 Å². The minimum atomic E-state index is -0.347. The zero-order valence-corrected chi connectivity index (χ0v) is 16.3. The zero-order chi connectivity index (χ0) is 17.4. The Kier molecular flexibility index (Phi) is 8.90. The van der Waals surface area contributed by atoms with Gasteiger partial charge < -0.3 is 16.4 Å². The Morgan fingerprint density at radius 1 is 1.20 bits per heavy atom. The van der Waals surface area contributed by atoms with Gasteiger partial charge in [0.1, 0.15) is 5.82 Å². The van der Waals surface area contributed by atoms with Crippen molar-refractivity contribution in [2.75, 3.05) is 18.4 Å². The van der Waals surface area contributed by atoms with Gasteiger partial charge in [-0.2, -0.15) is 0 Å². The molecule has 2 rings (SSSR count). The number of anilines is 1. The average molecular weight is 456 g/mol. The van der Waals surface area contributed by atoms with Crippen molar-refractivity contribution in [3.05, 3.63) is 65.5 Å². The topological polar surface area (TPSA) is 79.5 Å². The highest BCUT2D eigenvalue weighted by molar-refractivity contribution is 14.0. The number of aryl methyl sites for hydroxylation is 1. The molecule has 0 bridgehead atoms. The van der Waals surface area contributed by atoms with E-state index in [4.69, 9.17) is 5.73 Å². The lowest BCUT2D eigenvalue weighted by Crippen LogP contribution is -2.29. The molecule has 4 N–H and O–H groups in total. The quantitative estimate of drug-likeness (QED) is 0.271. The molecule has 0 saturated carbocycles. The number of halogens is 2. The standard InChI is InChI=1S/C18H21FN4O.HI/c1-13-5-7-16(8-6-13)23-18(20)22-10-9-21-17(24)12-14-3-2-4-15(19)11-14;/h2-8,11H,9-10,12H2,1H3,(H,21,24)(H3,20,22,23);1H. The fraction of sp³-hybridized carbons (Fsp3) is 0.222. The third-order valence-corrected chi connectivity index (χ3v) is 3.29. The summed E-state index contributed by atoms with van der Waals surface area (Å²) in [5, 5.41) is 5.70. The van der Waals surface area contributed by atoms with Crippen LogP contribution < -0.4 is 16.4 Å². The van der Waals surface area contributed by atoms with Gasteiger partial charge in [0.2, 0.25) is 5.91 Å². The van der Waals surface area contributed by atoms with Gasteiger partial charge in [-0.1, -0.05) is 29.8 Å². The molecule has 0 aliphatic carbocycles. The van der Waals surface area contributed by atoms with Crippen LogP contribution in [0.25, 0.3) is 0 Å². The Hall–Kier alpha value is -2.16. The molecule has 25 heavy (non-hydrogen) atoms. The predicted molar refractivity (Wildman–Crippen MR) is 110 cm³/mol. The first-order chi connectivity index (χ1) is 11.5. The minimum Gasteiger partial charge on any atom is -0.370 e. The summed E-state index contributed by atoms with van der Waals surface area (Å²) in [7, 11) is 0. The van der Waals surface area contributed by atoms with E-state index >= 15 is 0 Å².